The lowest BCUT2D eigenvalue weighted by Crippen LogP contribution is -2.46. The van der Waals surface area contributed by atoms with Crippen molar-refractivity contribution in [3.05, 3.63) is 129 Å². The molecule has 1 N–H and O–H groups in total. The van der Waals surface area contributed by atoms with E-state index in [-0.39, 0.29) is 24.1 Å². The molecular weight excluding hydrogens is 528 g/mol. The molecule has 0 aliphatic carbocycles. The van der Waals surface area contributed by atoms with Crippen LogP contribution < -0.4 is 10.1 Å². The van der Waals surface area contributed by atoms with Gasteiger partial charge in [0.1, 0.15) is 17.2 Å². The molecular formula is C31H27ClF4N2O. The third-order valence-electron chi connectivity index (χ3n) is 6.95. The SMILES string of the molecule is CC1(C)Cc2cccc(CNC(Cc3ccccc3)(c3cc(F)cc(C(F)(F)F)c3)c3ccc(Cl)cn3)c2O1. The smallest absolute Gasteiger partial charge is 0.416 e. The van der Waals surface area contributed by atoms with Crippen LogP contribution in [0.25, 0.3) is 0 Å². The number of pyridine rings is 1. The van der Waals surface area contributed by atoms with Gasteiger partial charge in [0.2, 0.25) is 0 Å². The van der Waals surface area contributed by atoms with Gasteiger partial charge in [-0.1, -0.05) is 60.1 Å². The predicted octanol–water partition coefficient (Wildman–Crippen LogP) is 7.88. The number of alkyl halides is 3. The van der Waals surface area contributed by atoms with Crippen LogP contribution in [0.2, 0.25) is 5.02 Å². The van der Waals surface area contributed by atoms with E-state index >= 15 is 0 Å². The summed E-state index contributed by atoms with van der Waals surface area (Å²) < 4.78 is 62.6. The average molecular weight is 555 g/mol. The number of nitrogens with one attached hydrogen (secondary N) is 1. The number of halogens is 5. The van der Waals surface area contributed by atoms with Crippen LogP contribution in [0.4, 0.5) is 17.6 Å². The van der Waals surface area contributed by atoms with Gasteiger partial charge in [0.15, 0.2) is 0 Å². The normalized spacial score (nSPS) is 15.9. The lowest BCUT2D eigenvalue weighted by molar-refractivity contribution is -0.137. The van der Waals surface area contributed by atoms with Gasteiger partial charge in [-0.2, -0.15) is 13.2 Å². The summed E-state index contributed by atoms with van der Waals surface area (Å²) in [6.07, 6.45) is -2.36. The van der Waals surface area contributed by atoms with Gasteiger partial charge in [-0.05, 0) is 60.9 Å². The highest BCUT2D eigenvalue weighted by atomic mass is 35.5. The van der Waals surface area contributed by atoms with Crippen LogP contribution >= 0.6 is 11.6 Å². The second-order valence-corrected chi connectivity index (χ2v) is 10.9. The van der Waals surface area contributed by atoms with E-state index in [0.29, 0.717) is 16.8 Å². The number of nitrogens with zero attached hydrogens (tertiary/aromatic N) is 1. The third-order valence-corrected chi connectivity index (χ3v) is 7.17. The van der Waals surface area contributed by atoms with E-state index in [9.17, 15) is 17.6 Å². The van der Waals surface area contributed by atoms with Gasteiger partial charge in [-0.3, -0.25) is 10.3 Å². The molecule has 5 rings (SSSR count). The topological polar surface area (TPSA) is 34.2 Å². The van der Waals surface area contributed by atoms with Crippen molar-refractivity contribution < 1.29 is 22.3 Å². The van der Waals surface area contributed by atoms with Crippen molar-refractivity contribution in [2.24, 2.45) is 0 Å². The second-order valence-electron chi connectivity index (χ2n) is 10.5. The molecule has 0 saturated heterocycles. The number of fused-ring (bicyclic) bond motifs is 1. The molecule has 202 valence electrons. The van der Waals surface area contributed by atoms with Gasteiger partial charge in [-0.15, -0.1) is 0 Å². The van der Waals surface area contributed by atoms with Crippen molar-refractivity contribution in [3.8, 4) is 5.75 Å². The molecule has 0 bridgehead atoms. The van der Waals surface area contributed by atoms with Gasteiger partial charge in [0.25, 0.3) is 0 Å². The Morgan fingerprint density at radius 2 is 1.69 bits per heavy atom. The number of benzene rings is 3. The number of para-hydroxylation sites is 1. The fourth-order valence-electron chi connectivity index (χ4n) is 5.19. The standard InChI is InChI=1S/C31H27ClF4N2O/c1-29(2)17-21-9-6-10-22(28(21)39-29)18-38-30(16-20-7-4-3-5-8-20,27-12-11-25(32)19-37-27)23-13-24(31(34,35)36)15-26(33)14-23/h3-15,19,38H,16-18H2,1-2H3. The Morgan fingerprint density at radius 3 is 2.38 bits per heavy atom. The van der Waals surface area contributed by atoms with E-state index < -0.39 is 23.1 Å². The summed E-state index contributed by atoms with van der Waals surface area (Å²) in [4.78, 5) is 4.52. The fraction of sp³-hybridized carbons (Fsp3) is 0.258. The number of rotatable bonds is 7. The molecule has 0 amide bonds. The van der Waals surface area contributed by atoms with E-state index in [2.05, 4.69) is 10.3 Å². The minimum absolute atomic E-state index is 0.0994. The fourth-order valence-corrected chi connectivity index (χ4v) is 5.30. The first-order valence-electron chi connectivity index (χ1n) is 12.5. The third kappa shape index (κ3) is 5.80. The molecule has 8 heteroatoms. The van der Waals surface area contributed by atoms with Gasteiger partial charge in [0, 0.05) is 31.1 Å². The molecule has 1 aromatic heterocycles. The van der Waals surface area contributed by atoms with Gasteiger partial charge in [0.05, 0.1) is 21.8 Å². The summed E-state index contributed by atoms with van der Waals surface area (Å²) in [6.45, 7) is 4.24. The van der Waals surface area contributed by atoms with E-state index in [1.54, 1.807) is 12.1 Å². The van der Waals surface area contributed by atoms with Crippen LogP contribution in [0.1, 0.15) is 47.4 Å². The molecule has 0 fully saturated rings. The van der Waals surface area contributed by atoms with Crippen LogP contribution in [0, 0.1) is 5.82 Å². The maximum absolute atomic E-state index is 14.8. The van der Waals surface area contributed by atoms with Gasteiger partial charge < -0.3 is 4.74 Å². The van der Waals surface area contributed by atoms with Crippen LogP contribution in [-0.2, 0) is 31.1 Å². The number of hydrogen-bond donors (Lipinski definition) is 1. The molecule has 0 radical (unpaired) electrons. The van der Waals surface area contributed by atoms with Crippen molar-refractivity contribution >= 4 is 11.6 Å². The zero-order valence-corrected chi connectivity index (χ0v) is 22.2. The second kappa shape index (κ2) is 10.3. The van der Waals surface area contributed by atoms with Gasteiger partial charge >= 0.3 is 6.18 Å². The summed E-state index contributed by atoms with van der Waals surface area (Å²) in [5, 5.41) is 3.87. The molecule has 3 aromatic carbocycles. The molecule has 1 unspecified atom stereocenters. The Hall–Kier alpha value is -3.42. The Bertz CT molecular complexity index is 1470. The van der Waals surface area contributed by atoms with Crippen molar-refractivity contribution in [1.82, 2.24) is 10.3 Å². The zero-order chi connectivity index (χ0) is 27.8. The van der Waals surface area contributed by atoms with Crippen LogP contribution in [-0.4, -0.2) is 10.6 Å². The molecule has 1 atom stereocenters. The highest BCUT2D eigenvalue weighted by molar-refractivity contribution is 6.30. The quantitative estimate of drug-likeness (QED) is 0.236. The minimum Gasteiger partial charge on any atom is -0.487 e. The summed E-state index contributed by atoms with van der Waals surface area (Å²) in [6, 6.07) is 21.1. The van der Waals surface area contributed by atoms with Crippen LogP contribution in [0.15, 0.2) is 85.1 Å². The lowest BCUT2D eigenvalue weighted by atomic mass is 9.79. The summed E-state index contributed by atoms with van der Waals surface area (Å²) in [5.74, 6) is -0.235. The van der Waals surface area contributed by atoms with Crippen molar-refractivity contribution in [2.45, 2.75) is 50.6 Å². The molecule has 39 heavy (non-hydrogen) atoms. The van der Waals surface area contributed by atoms with E-state index in [1.807, 2.05) is 62.4 Å². The molecule has 3 nitrogen and oxygen atoms in total. The van der Waals surface area contributed by atoms with Crippen LogP contribution in [0.3, 0.4) is 0 Å². The van der Waals surface area contributed by atoms with E-state index in [1.165, 1.54) is 6.20 Å². The molecule has 0 saturated carbocycles. The zero-order valence-electron chi connectivity index (χ0n) is 21.4. The number of aromatic nitrogens is 1. The minimum atomic E-state index is -4.73. The van der Waals surface area contributed by atoms with E-state index in [0.717, 1.165) is 41.0 Å². The monoisotopic (exact) mass is 554 g/mol. The maximum Gasteiger partial charge on any atom is 0.416 e. The summed E-state index contributed by atoms with van der Waals surface area (Å²) >= 11 is 6.13. The molecule has 2 heterocycles. The molecule has 4 aromatic rings. The van der Waals surface area contributed by atoms with Crippen molar-refractivity contribution in [3.63, 3.8) is 0 Å². The molecule has 0 spiro atoms. The lowest BCUT2D eigenvalue weighted by Gasteiger charge is -2.36. The Labute approximate surface area is 229 Å². The largest absolute Gasteiger partial charge is 0.487 e. The predicted molar refractivity (Wildman–Crippen MR) is 143 cm³/mol. The highest BCUT2D eigenvalue weighted by Crippen LogP contribution is 2.40. The first-order chi connectivity index (χ1) is 18.5. The molecule has 1 aliphatic rings. The highest BCUT2D eigenvalue weighted by Gasteiger charge is 2.40. The first kappa shape index (κ1) is 27.2. The molecule has 1 aliphatic heterocycles. The first-order valence-corrected chi connectivity index (χ1v) is 12.9. The number of hydrogen-bond acceptors (Lipinski definition) is 3. The Morgan fingerprint density at radius 1 is 0.949 bits per heavy atom. The van der Waals surface area contributed by atoms with Crippen LogP contribution in [0.5, 0.6) is 5.75 Å². The van der Waals surface area contributed by atoms with Gasteiger partial charge in [-0.25, -0.2) is 4.39 Å². The number of ether oxygens (including phenoxy) is 1. The van der Waals surface area contributed by atoms with Crippen molar-refractivity contribution in [2.75, 3.05) is 0 Å². The summed E-state index contributed by atoms with van der Waals surface area (Å²) in [7, 11) is 0. The van der Waals surface area contributed by atoms with E-state index in [4.69, 9.17) is 16.3 Å². The van der Waals surface area contributed by atoms with Crippen molar-refractivity contribution in [1.29, 1.82) is 0 Å². The average Bonchev–Trinajstić information content (AvgIpc) is 3.21. The Balaban J connectivity index is 1.68. The summed E-state index contributed by atoms with van der Waals surface area (Å²) in [5.41, 5.74) is 0.448. The Kier molecular flexibility index (Phi) is 7.16. The maximum atomic E-state index is 14.8.